The van der Waals surface area contributed by atoms with Crippen molar-refractivity contribution in [3.05, 3.63) is 53.6 Å². The summed E-state index contributed by atoms with van der Waals surface area (Å²) < 4.78 is 31.1. The minimum atomic E-state index is -3.70. The summed E-state index contributed by atoms with van der Waals surface area (Å²) in [5.74, 6) is -0.956. The monoisotopic (exact) mass is 445 g/mol. The number of anilines is 2. The summed E-state index contributed by atoms with van der Waals surface area (Å²) in [6.45, 7) is 1.61. The van der Waals surface area contributed by atoms with Crippen LogP contribution in [0.1, 0.15) is 40.0 Å². The highest BCUT2D eigenvalue weighted by Gasteiger charge is 2.24. The zero-order valence-electron chi connectivity index (χ0n) is 17.9. The van der Waals surface area contributed by atoms with Crippen LogP contribution < -0.4 is 10.2 Å². The molecule has 1 saturated heterocycles. The predicted molar refractivity (Wildman–Crippen MR) is 119 cm³/mol. The predicted octanol–water partition coefficient (Wildman–Crippen LogP) is 2.97. The van der Waals surface area contributed by atoms with E-state index >= 15 is 0 Å². The Balaban J connectivity index is 2.00. The van der Waals surface area contributed by atoms with Crippen LogP contribution in [0.5, 0.6) is 0 Å². The Morgan fingerprint density at radius 2 is 1.74 bits per heavy atom. The summed E-state index contributed by atoms with van der Waals surface area (Å²) in [5, 5.41) is 2.78. The van der Waals surface area contributed by atoms with E-state index < -0.39 is 21.9 Å². The van der Waals surface area contributed by atoms with E-state index in [0.29, 0.717) is 16.9 Å². The first-order chi connectivity index (χ1) is 14.7. The number of benzene rings is 2. The van der Waals surface area contributed by atoms with Crippen molar-refractivity contribution >= 4 is 33.3 Å². The number of sulfonamides is 1. The van der Waals surface area contributed by atoms with Gasteiger partial charge in [0.2, 0.25) is 10.0 Å². The molecule has 1 N–H and O–H groups in total. The van der Waals surface area contributed by atoms with Gasteiger partial charge in [0, 0.05) is 38.6 Å². The van der Waals surface area contributed by atoms with E-state index in [1.54, 1.807) is 24.3 Å². The van der Waals surface area contributed by atoms with Crippen LogP contribution in [-0.4, -0.2) is 58.9 Å². The Bertz CT molecular complexity index is 1080. The fourth-order valence-electron chi connectivity index (χ4n) is 3.52. The summed E-state index contributed by atoms with van der Waals surface area (Å²) >= 11 is 0. The number of esters is 1. The third kappa shape index (κ3) is 5.05. The van der Waals surface area contributed by atoms with Gasteiger partial charge < -0.3 is 15.0 Å². The van der Waals surface area contributed by atoms with Crippen molar-refractivity contribution in [1.29, 1.82) is 0 Å². The topological polar surface area (TPSA) is 96.0 Å². The Labute approximate surface area is 182 Å². The van der Waals surface area contributed by atoms with Gasteiger partial charge in [-0.2, -0.15) is 0 Å². The number of amides is 1. The van der Waals surface area contributed by atoms with E-state index in [-0.39, 0.29) is 10.5 Å². The number of carbonyl (C=O) groups is 2. The van der Waals surface area contributed by atoms with Crippen LogP contribution >= 0.6 is 0 Å². The quantitative estimate of drug-likeness (QED) is 0.687. The molecule has 1 aliphatic rings. The largest absolute Gasteiger partial charge is 0.465 e. The highest BCUT2D eigenvalue weighted by Crippen LogP contribution is 2.28. The van der Waals surface area contributed by atoms with E-state index in [2.05, 4.69) is 10.2 Å². The van der Waals surface area contributed by atoms with Crippen molar-refractivity contribution in [2.75, 3.05) is 44.5 Å². The molecule has 3 rings (SSSR count). The minimum Gasteiger partial charge on any atom is -0.465 e. The van der Waals surface area contributed by atoms with Gasteiger partial charge in [0.1, 0.15) is 0 Å². The Kier molecular flexibility index (Phi) is 6.97. The van der Waals surface area contributed by atoms with Crippen LogP contribution in [0.3, 0.4) is 0 Å². The van der Waals surface area contributed by atoms with Crippen LogP contribution in [0.2, 0.25) is 0 Å². The molecule has 1 fully saturated rings. The second-order valence-electron chi connectivity index (χ2n) is 7.54. The number of hydrogen-bond acceptors (Lipinski definition) is 6. The molecule has 0 aliphatic carbocycles. The molecule has 166 valence electrons. The zero-order chi connectivity index (χ0) is 22.6. The lowest BCUT2D eigenvalue weighted by atomic mass is 10.1. The average molecular weight is 446 g/mol. The van der Waals surface area contributed by atoms with Crippen LogP contribution in [0.15, 0.2) is 47.4 Å². The molecule has 31 heavy (non-hydrogen) atoms. The van der Waals surface area contributed by atoms with Crippen LogP contribution in [0.4, 0.5) is 11.4 Å². The van der Waals surface area contributed by atoms with E-state index in [1.807, 2.05) is 0 Å². The van der Waals surface area contributed by atoms with Gasteiger partial charge in [0.15, 0.2) is 0 Å². The lowest BCUT2D eigenvalue weighted by Crippen LogP contribution is -2.32. The van der Waals surface area contributed by atoms with Gasteiger partial charge in [-0.15, -0.1) is 0 Å². The molecule has 1 heterocycles. The normalized spacial score (nSPS) is 14.4. The third-order valence-electron chi connectivity index (χ3n) is 5.23. The summed E-state index contributed by atoms with van der Waals surface area (Å²) in [6, 6.07) is 11.1. The minimum absolute atomic E-state index is 0.0479. The molecule has 2 aromatic carbocycles. The van der Waals surface area contributed by atoms with Gasteiger partial charge in [0.05, 0.1) is 23.1 Å². The molecule has 0 saturated carbocycles. The number of carbonyl (C=O) groups excluding carboxylic acids is 2. The third-order valence-corrected chi connectivity index (χ3v) is 7.04. The summed E-state index contributed by atoms with van der Waals surface area (Å²) in [7, 11) is 0.487. The molecule has 0 radical (unpaired) electrons. The lowest BCUT2D eigenvalue weighted by molar-refractivity contribution is 0.0600. The lowest BCUT2D eigenvalue weighted by Gasteiger charge is -2.30. The van der Waals surface area contributed by atoms with E-state index in [0.717, 1.165) is 36.7 Å². The molecule has 1 aliphatic heterocycles. The zero-order valence-corrected chi connectivity index (χ0v) is 18.7. The van der Waals surface area contributed by atoms with Crippen molar-refractivity contribution in [1.82, 2.24) is 4.31 Å². The van der Waals surface area contributed by atoms with Gasteiger partial charge in [-0.1, -0.05) is 6.07 Å². The van der Waals surface area contributed by atoms with Crippen molar-refractivity contribution in [2.24, 2.45) is 0 Å². The standard InChI is InChI=1S/C22H27N3O5S/c1-24(2)31(28,29)18-10-11-20(25-12-5-4-6-13-25)19(15-18)21(26)23-17-9-7-8-16(14-17)22(27)30-3/h7-11,14-15H,4-6,12-13H2,1-3H3,(H,23,26). The second kappa shape index (κ2) is 9.49. The fraction of sp³-hybridized carbons (Fsp3) is 0.364. The summed E-state index contributed by atoms with van der Waals surface area (Å²) in [6.07, 6.45) is 3.16. The molecule has 0 aromatic heterocycles. The molecule has 0 atom stereocenters. The molecule has 9 heteroatoms. The highest BCUT2D eigenvalue weighted by atomic mass is 32.2. The second-order valence-corrected chi connectivity index (χ2v) is 9.69. The van der Waals surface area contributed by atoms with Crippen LogP contribution in [0.25, 0.3) is 0 Å². The van der Waals surface area contributed by atoms with Gasteiger partial charge in [-0.3, -0.25) is 4.79 Å². The first-order valence-electron chi connectivity index (χ1n) is 10.1. The molecule has 1 amide bonds. The maximum atomic E-state index is 13.2. The maximum Gasteiger partial charge on any atom is 0.337 e. The van der Waals surface area contributed by atoms with Gasteiger partial charge >= 0.3 is 5.97 Å². The van der Waals surface area contributed by atoms with Crippen molar-refractivity contribution in [2.45, 2.75) is 24.2 Å². The number of piperidine rings is 1. The van der Waals surface area contributed by atoms with Crippen LogP contribution in [-0.2, 0) is 14.8 Å². The summed E-state index contributed by atoms with van der Waals surface area (Å²) in [4.78, 5) is 27.2. The Hall–Kier alpha value is -2.91. The molecular weight excluding hydrogens is 418 g/mol. The van der Waals surface area contributed by atoms with Gasteiger partial charge in [-0.05, 0) is 55.7 Å². The average Bonchev–Trinajstić information content (AvgIpc) is 2.78. The first kappa shape index (κ1) is 22.8. The van der Waals surface area contributed by atoms with E-state index in [4.69, 9.17) is 4.74 Å². The summed E-state index contributed by atoms with van der Waals surface area (Å²) in [5.41, 5.74) is 1.69. The molecule has 2 aromatic rings. The van der Waals surface area contributed by atoms with Crippen LogP contribution in [0, 0.1) is 0 Å². The first-order valence-corrected chi connectivity index (χ1v) is 11.5. The Morgan fingerprint density at radius 3 is 2.39 bits per heavy atom. The van der Waals surface area contributed by atoms with E-state index in [9.17, 15) is 18.0 Å². The Morgan fingerprint density at radius 1 is 1.03 bits per heavy atom. The molecule has 0 unspecified atom stereocenters. The smallest absolute Gasteiger partial charge is 0.337 e. The molecular formula is C22H27N3O5S. The maximum absolute atomic E-state index is 13.2. The number of rotatable bonds is 6. The molecule has 0 bridgehead atoms. The van der Waals surface area contributed by atoms with Crippen molar-refractivity contribution in [3.8, 4) is 0 Å². The highest BCUT2D eigenvalue weighted by molar-refractivity contribution is 7.89. The van der Waals surface area contributed by atoms with Gasteiger partial charge in [-0.25, -0.2) is 17.5 Å². The number of hydrogen-bond donors (Lipinski definition) is 1. The van der Waals surface area contributed by atoms with Crippen molar-refractivity contribution < 1.29 is 22.7 Å². The fourth-order valence-corrected chi connectivity index (χ4v) is 4.45. The number of nitrogens with zero attached hydrogens (tertiary/aromatic N) is 2. The number of ether oxygens (including phenoxy) is 1. The van der Waals surface area contributed by atoms with E-state index in [1.165, 1.54) is 39.4 Å². The molecule has 0 spiro atoms. The van der Waals surface area contributed by atoms with Crippen molar-refractivity contribution in [3.63, 3.8) is 0 Å². The van der Waals surface area contributed by atoms with Gasteiger partial charge in [0.25, 0.3) is 5.91 Å². The molecule has 8 nitrogen and oxygen atoms in total. The number of methoxy groups -OCH3 is 1. The number of nitrogens with one attached hydrogen (secondary N) is 1. The SMILES string of the molecule is COC(=O)c1cccc(NC(=O)c2cc(S(=O)(=O)N(C)C)ccc2N2CCCCC2)c1.